The lowest BCUT2D eigenvalue weighted by atomic mass is 10.0. The van der Waals surface area contributed by atoms with Gasteiger partial charge in [-0.2, -0.15) is 0 Å². The van der Waals surface area contributed by atoms with Crippen LogP contribution >= 0.6 is 0 Å². The van der Waals surface area contributed by atoms with Gasteiger partial charge in [0.25, 0.3) is 0 Å². The minimum Gasteiger partial charge on any atom is -0.501 e. The van der Waals surface area contributed by atoms with Gasteiger partial charge in [0.1, 0.15) is 0 Å². The molecule has 1 aliphatic carbocycles. The van der Waals surface area contributed by atoms with E-state index in [4.69, 9.17) is 4.74 Å². The number of methoxy groups -OCH3 is 1. The molecule has 0 amide bonds. The largest absolute Gasteiger partial charge is 0.501 e. The van der Waals surface area contributed by atoms with Gasteiger partial charge in [0.05, 0.1) is 12.9 Å². The van der Waals surface area contributed by atoms with Crippen molar-refractivity contribution in [1.82, 2.24) is 5.32 Å². The van der Waals surface area contributed by atoms with Gasteiger partial charge in [0.15, 0.2) is 0 Å². The third-order valence-corrected chi connectivity index (χ3v) is 2.11. The fourth-order valence-corrected chi connectivity index (χ4v) is 1.41. The van der Waals surface area contributed by atoms with Crippen LogP contribution in [0.25, 0.3) is 0 Å². The van der Waals surface area contributed by atoms with Crippen molar-refractivity contribution in [2.24, 2.45) is 0 Å². The average molecular weight is 167 g/mol. The fraction of sp³-hybridized carbons (Fsp3) is 0.600. The summed E-state index contributed by atoms with van der Waals surface area (Å²) in [4.78, 5) is 0. The summed E-state index contributed by atoms with van der Waals surface area (Å²) < 4.78 is 5.30. The van der Waals surface area contributed by atoms with Crippen LogP contribution in [-0.2, 0) is 4.74 Å². The minimum absolute atomic E-state index is 1.02. The Hall–Kier alpha value is -0.760. The molecule has 0 spiro atoms. The minimum atomic E-state index is 1.02. The second kappa shape index (κ2) is 4.99. The van der Waals surface area contributed by atoms with Gasteiger partial charge >= 0.3 is 0 Å². The van der Waals surface area contributed by atoms with E-state index in [1.165, 1.54) is 5.57 Å². The number of nitrogens with one attached hydrogen (secondary N) is 1. The first-order valence-electron chi connectivity index (χ1n) is 4.45. The second-order valence-electron chi connectivity index (χ2n) is 2.95. The normalized spacial score (nSPS) is 16.8. The Balaban J connectivity index is 2.55. The SMILES string of the molecule is CNCCC1=C(OC)CCC=C1. The molecule has 1 rings (SSSR count). The second-order valence-corrected chi connectivity index (χ2v) is 2.95. The van der Waals surface area contributed by atoms with Gasteiger partial charge in [-0.05, 0) is 32.0 Å². The van der Waals surface area contributed by atoms with Gasteiger partial charge in [-0.1, -0.05) is 12.2 Å². The van der Waals surface area contributed by atoms with E-state index in [1.54, 1.807) is 7.11 Å². The topological polar surface area (TPSA) is 21.3 Å². The zero-order valence-electron chi connectivity index (χ0n) is 7.89. The third kappa shape index (κ3) is 2.38. The Kier molecular flexibility index (Phi) is 3.88. The quantitative estimate of drug-likeness (QED) is 0.690. The van der Waals surface area contributed by atoms with Crippen molar-refractivity contribution in [3.05, 3.63) is 23.5 Å². The highest BCUT2D eigenvalue weighted by Crippen LogP contribution is 2.21. The van der Waals surface area contributed by atoms with Gasteiger partial charge in [-0.25, -0.2) is 0 Å². The smallest absolute Gasteiger partial charge is 0.0990 e. The maximum absolute atomic E-state index is 5.30. The average Bonchev–Trinajstić information content (AvgIpc) is 2.15. The molecule has 0 saturated carbocycles. The van der Waals surface area contributed by atoms with Crippen molar-refractivity contribution in [2.45, 2.75) is 19.3 Å². The Morgan fingerprint density at radius 3 is 3.08 bits per heavy atom. The molecule has 2 nitrogen and oxygen atoms in total. The molecular formula is C10H17NO. The summed E-state index contributed by atoms with van der Waals surface area (Å²) in [6.07, 6.45) is 7.64. The van der Waals surface area contributed by atoms with Gasteiger partial charge in [0.2, 0.25) is 0 Å². The van der Waals surface area contributed by atoms with Crippen molar-refractivity contribution < 1.29 is 4.74 Å². The van der Waals surface area contributed by atoms with E-state index in [2.05, 4.69) is 17.5 Å². The Bertz CT molecular complexity index is 194. The van der Waals surface area contributed by atoms with E-state index in [9.17, 15) is 0 Å². The molecule has 0 aromatic rings. The molecule has 0 heterocycles. The summed E-state index contributed by atoms with van der Waals surface area (Å²) in [5, 5.41) is 3.14. The predicted molar refractivity (Wildman–Crippen MR) is 51.0 cm³/mol. The highest BCUT2D eigenvalue weighted by atomic mass is 16.5. The van der Waals surface area contributed by atoms with Crippen molar-refractivity contribution in [3.8, 4) is 0 Å². The molecule has 1 N–H and O–H groups in total. The summed E-state index contributed by atoms with van der Waals surface area (Å²) in [5.74, 6) is 1.16. The molecule has 0 radical (unpaired) electrons. The highest BCUT2D eigenvalue weighted by molar-refractivity contribution is 5.26. The summed E-state index contributed by atoms with van der Waals surface area (Å²) >= 11 is 0. The molecule has 0 bridgehead atoms. The van der Waals surface area contributed by atoms with Gasteiger partial charge in [-0.3, -0.25) is 0 Å². The molecule has 0 unspecified atom stereocenters. The van der Waals surface area contributed by atoms with Crippen molar-refractivity contribution in [3.63, 3.8) is 0 Å². The molecule has 0 saturated heterocycles. The van der Waals surface area contributed by atoms with Gasteiger partial charge in [-0.15, -0.1) is 0 Å². The predicted octanol–water partition coefficient (Wildman–Crippen LogP) is 1.85. The van der Waals surface area contributed by atoms with Crippen LogP contribution in [-0.4, -0.2) is 20.7 Å². The standard InChI is InChI=1S/C10H17NO/c1-11-8-7-9-5-3-4-6-10(9)12-2/h3,5,11H,4,6-8H2,1-2H3. The Morgan fingerprint density at radius 1 is 1.58 bits per heavy atom. The van der Waals surface area contributed by atoms with Crippen LogP contribution in [0.3, 0.4) is 0 Å². The summed E-state index contributed by atoms with van der Waals surface area (Å²) in [6.45, 7) is 1.02. The maximum Gasteiger partial charge on any atom is 0.0990 e. The molecule has 0 aliphatic heterocycles. The summed E-state index contributed by atoms with van der Waals surface area (Å²) in [6, 6.07) is 0. The Morgan fingerprint density at radius 2 is 2.42 bits per heavy atom. The lowest BCUT2D eigenvalue weighted by molar-refractivity contribution is 0.271. The van der Waals surface area contributed by atoms with Gasteiger partial charge in [0, 0.05) is 6.42 Å². The molecular weight excluding hydrogens is 150 g/mol. The van der Waals surface area contributed by atoms with Crippen LogP contribution in [0.2, 0.25) is 0 Å². The first-order chi connectivity index (χ1) is 5.88. The molecule has 2 heteroatoms. The number of rotatable bonds is 4. The monoisotopic (exact) mass is 167 g/mol. The van der Waals surface area contributed by atoms with Crippen LogP contribution in [0.15, 0.2) is 23.5 Å². The Labute approximate surface area is 74.3 Å². The molecule has 0 atom stereocenters. The van der Waals surface area contributed by atoms with E-state index in [1.807, 2.05) is 7.05 Å². The molecule has 0 fully saturated rings. The van der Waals surface area contributed by atoms with Crippen molar-refractivity contribution in [1.29, 1.82) is 0 Å². The summed E-state index contributed by atoms with van der Waals surface area (Å²) in [7, 11) is 3.73. The van der Waals surface area contributed by atoms with Crippen LogP contribution < -0.4 is 5.32 Å². The van der Waals surface area contributed by atoms with Crippen LogP contribution in [0.5, 0.6) is 0 Å². The van der Waals surface area contributed by atoms with Crippen LogP contribution in [0, 0.1) is 0 Å². The first-order valence-corrected chi connectivity index (χ1v) is 4.45. The van der Waals surface area contributed by atoms with E-state index >= 15 is 0 Å². The number of hydrogen-bond donors (Lipinski definition) is 1. The molecule has 12 heavy (non-hydrogen) atoms. The van der Waals surface area contributed by atoms with Crippen molar-refractivity contribution in [2.75, 3.05) is 20.7 Å². The highest BCUT2D eigenvalue weighted by Gasteiger charge is 2.07. The maximum atomic E-state index is 5.30. The molecule has 0 aromatic carbocycles. The van der Waals surface area contributed by atoms with E-state index < -0.39 is 0 Å². The lowest BCUT2D eigenvalue weighted by Crippen LogP contribution is -2.10. The van der Waals surface area contributed by atoms with Crippen molar-refractivity contribution >= 4 is 0 Å². The first kappa shape index (κ1) is 9.33. The molecule has 68 valence electrons. The molecule has 1 aliphatic rings. The van der Waals surface area contributed by atoms with Gasteiger partial charge < -0.3 is 10.1 Å². The zero-order chi connectivity index (χ0) is 8.81. The van der Waals surface area contributed by atoms with E-state index in [0.717, 1.165) is 31.6 Å². The number of hydrogen-bond acceptors (Lipinski definition) is 2. The third-order valence-electron chi connectivity index (χ3n) is 2.11. The van der Waals surface area contributed by atoms with Crippen LogP contribution in [0.1, 0.15) is 19.3 Å². The van der Waals surface area contributed by atoms with E-state index in [-0.39, 0.29) is 0 Å². The fourth-order valence-electron chi connectivity index (χ4n) is 1.41. The van der Waals surface area contributed by atoms with Crippen LogP contribution in [0.4, 0.5) is 0 Å². The molecule has 0 aromatic heterocycles. The number of allylic oxidation sites excluding steroid dienone is 3. The lowest BCUT2D eigenvalue weighted by Gasteiger charge is -2.14. The zero-order valence-corrected chi connectivity index (χ0v) is 7.89. The summed E-state index contributed by atoms with van der Waals surface area (Å²) in [5.41, 5.74) is 1.35. The number of ether oxygens (including phenoxy) is 1. The van der Waals surface area contributed by atoms with E-state index in [0.29, 0.717) is 0 Å².